The third-order valence-corrected chi connectivity index (χ3v) is 4.45. The summed E-state index contributed by atoms with van der Waals surface area (Å²) < 4.78 is 0. The van der Waals surface area contributed by atoms with E-state index in [0.29, 0.717) is 30.2 Å². The zero-order valence-corrected chi connectivity index (χ0v) is 14.7. The minimum absolute atomic E-state index is 0.0492. The molecule has 25 heavy (non-hydrogen) atoms. The summed E-state index contributed by atoms with van der Waals surface area (Å²) in [7, 11) is 0. The predicted molar refractivity (Wildman–Crippen MR) is 98.6 cm³/mol. The second kappa shape index (κ2) is 7.57. The molecule has 2 aromatic rings. The number of rotatable bonds is 4. The molecule has 1 heterocycles. The highest BCUT2D eigenvalue weighted by Crippen LogP contribution is 2.17. The van der Waals surface area contributed by atoms with Crippen molar-refractivity contribution in [2.75, 3.05) is 11.9 Å². The van der Waals surface area contributed by atoms with E-state index in [4.69, 9.17) is 11.6 Å². The van der Waals surface area contributed by atoms with Gasteiger partial charge in [-0.2, -0.15) is 0 Å². The number of carbonyl (C=O) groups is 2. The number of urea groups is 1. The average molecular weight is 358 g/mol. The lowest BCUT2D eigenvalue weighted by Gasteiger charge is -2.17. The smallest absolute Gasteiger partial charge is 0.319 e. The predicted octanol–water partition coefficient (Wildman–Crippen LogP) is 3.57. The molecule has 5 nitrogen and oxygen atoms in total. The molecule has 3 amide bonds. The molecule has 0 radical (unpaired) electrons. The van der Waals surface area contributed by atoms with Crippen molar-refractivity contribution in [1.82, 2.24) is 10.2 Å². The maximum atomic E-state index is 12.5. The van der Waals surface area contributed by atoms with Crippen molar-refractivity contribution in [3.8, 4) is 0 Å². The van der Waals surface area contributed by atoms with E-state index < -0.39 is 12.1 Å². The second-order valence-electron chi connectivity index (χ2n) is 6.19. The van der Waals surface area contributed by atoms with Gasteiger partial charge in [-0.1, -0.05) is 41.4 Å². The number of likely N-dealkylation sites (tertiary alicyclic amines) is 1. The monoisotopic (exact) mass is 357 g/mol. The lowest BCUT2D eigenvalue weighted by Crippen LogP contribution is -2.43. The van der Waals surface area contributed by atoms with Gasteiger partial charge >= 0.3 is 6.03 Å². The van der Waals surface area contributed by atoms with Gasteiger partial charge in [-0.15, -0.1) is 0 Å². The van der Waals surface area contributed by atoms with E-state index in [1.165, 1.54) is 5.56 Å². The zero-order chi connectivity index (χ0) is 17.8. The van der Waals surface area contributed by atoms with Crippen LogP contribution in [0.3, 0.4) is 0 Å². The summed E-state index contributed by atoms with van der Waals surface area (Å²) in [6, 6.07) is 14.0. The average Bonchev–Trinajstić information content (AvgIpc) is 2.92. The van der Waals surface area contributed by atoms with E-state index in [1.807, 2.05) is 31.2 Å². The maximum absolute atomic E-state index is 12.5. The highest BCUT2D eigenvalue weighted by atomic mass is 35.5. The number of halogens is 1. The van der Waals surface area contributed by atoms with E-state index in [-0.39, 0.29) is 5.91 Å². The molecule has 1 aliphatic heterocycles. The number of hydrogen-bond acceptors (Lipinski definition) is 2. The van der Waals surface area contributed by atoms with Crippen molar-refractivity contribution in [3.05, 3.63) is 64.7 Å². The molecule has 0 unspecified atom stereocenters. The van der Waals surface area contributed by atoms with Crippen LogP contribution < -0.4 is 10.6 Å². The van der Waals surface area contributed by atoms with Crippen LogP contribution >= 0.6 is 11.6 Å². The lowest BCUT2D eigenvalue weighted by atomic mass is 10.1. The first-order chi connectivity index (χ1) is 12.0. The van der Waals surface area contributed by atoms with Gasteiger partial charge in [0.25, 0.3) is 0 Å². The van der Waals surface area contributed by atoms with Crippen LogP contribution in [0.2, 0.25) is 5.02 Å². The fourth-order valence-electron chi connectivity index (χ4n) is 2.80. The van der Waals surface area contributed by atoms with Crippen molar-refractivity contribution in [1.29, 1.82) is 0 Å². The second-order valence-corrected chi connectivity index (χ2v) is 6.63. The van der Waals surface area contributed by atoms with Gasteiger partial charge in [0.15, 0.2) is 0 Å². The molecule has 6 heteroatoms. The summed E-state index contributed by atoms with van der Waals surface area (Å²) in [6.07, 6.45) is 0.610. The van der Waals surface area contributed by atoms with Crippen molar-refractivity contribution in [2.24, 2.45) is 0 Å². The fraction of sp³-hybridized carbons (Fsp3) is 0.263. The fourth-order valence-corrected chi connectivity index (χ4v) is 2.93. The third kappa shape index (κ3) is 4.51. The maximum Gasteiger partial charge on any atom is 0.319 e. The Morgan fingerprint density at radius 3 is 2.52 bits per heavy atom. The van der Waals surface area contributed by atoms with Gasteiger partial charge in [-0.3, -0.25) is 4.79 Å². The topological polar surface area (TPSA) is 61.4 Å². The van der Waals surface area contributed by atoms with Crippen molar-refractivity contribution in [2.45, 2.75) is 25.9 Å². The molecule has 130 valence electrons. The standard InChI is InChI=1S/C19H20ClN3O2/c1-13-2-4-14(5-3-13)12-23-11-10-17(18(23)24)22-19(25)21-16-8-6-15(20)7-9-16/h2-9,17H,10-12H2,1H3,(H2,21,22,25)/t17-/m1/s1. The molecule has 1 saturated heterocycles. The van der Waals surface area contributed by atoms with E-state index in [0.717, 1.165) is 5.56 Å². The van der Waals surface area contributed by atoms with Crippen LogP contribution in [0, 0.1) is 6.92 Å². The number of nitrogens with one attached hydrogen (secondary N) is 2. The number of amides is 3. The molecular formula is C19H20ClN3O2. The molecule has 0 saturated carbocycles. The first-order valence-corrected chi connectivity index (χ1v) is 8.56. The van der Waals surface area contributed by atoms with Gasteiger partial charge in [-0.25, -0.2) is 4.79 Å². The van der Waals surface area contributed by atoms with Crippen molar-refractivity contribution in [3.63, 3.8) is 0 Å². The summed E-state index contributed by atoms with van der Waals surface area (Å²) in [5.74, 6) is -0.0492. The number of nitrogens with zero attached hydrogens (tertiary/aromatic N) is 1. The molecule has 1 aliphatic rings. The molecule has 0 aliphatic carbocycles. The molecule has 3 rings (SSSR count). The highest BCUT2D eigenvalue weighted by molar-refractivity contribution is 6.30. The molecular weight excluding hydrogens is 338 g/mol. The zero-order valence-electron chi connectivity index (χ0n) is 14.0. The lowest BCUT2D eigenvalue weighted by molar-refractivity contribution is -0.129. The number of aryl methyl sites for hydroxylation is 1. The highest BCUT2D eigenvalue weighted by Gasteiger charge is 2.32. The van der Waals surface area contributed by atoms with Crippen molar-refractivity contribution < 1.29 is 9.59 Å². The summed E-state index contributed by atoms with van der Waals surface area (Å²) in [6.45, 7) is 3.23. The Morgan fingerprint density at radius 1 is 1.16 bits per heavy atom. The van der Waals surface area contributed by atoms with Crippen LogP contribution in [0.4, 0.5) is 10.5 Å². The first kappa shape index (κ1) is 17.3. The summed E-state index contributed by atoms with van der Waals surface area (Å²) >= 11 is 5.82. The first-order valence-electron chi connectivity index (χ1n) is 8.19. The summed E-state index contributed by atoms with van der Waals surface area (Å²) in [5.41, 5.74) is 2.91. The molecule has 2 N–H and O–H groups in total. The minimum Gasteiger partial charge on any atom is -0.336 e. The van der Waals surface area contributed by atoms with Gasteiger partial charge in [0.05, 0.1) is 0 Å². The summed E-state index contributed by atoms with van der Waals surface area (Å²) in [4.78, 5) is 26.3. The summed E-state index contributed by atoms with van der Waals surface area (Å²) in [5, 5.41) is 6.05. The Morgan fingerprint density at radius 2 is 1.84 bits per heavy atom. The SMILES string of the molecule is Cc1ccc(CN2CC[C@@H](NC(=O)Nc3ccc(Cl)cc3)C2=O)cc1. The molecule has 1 atom stereocenters. The Kier molecular flexibility index (Phi) is 5.24. The number of carbonyl (C=O) groups excluding carboxylic acids is 2. The van der Waals surface area contributed by atoms with Crippen LogP contribution in [0.25, 0.3) is 0 Å². The van der Waals surface area contributed by atoms with Crippen LogP contribution in [0.1, 0.15) is 17.5 Å². The van der Waals surface area contributed by atoms with E-state index in [1.54, 1.807) is 29.2 Å². The van der Waals surface area contributed by atoms with Gasteiger partial charge in [-0.05, 0) is 43.2 Å². The Labute approximate surface area is 152 Å². The van der Waals surface area contributed by atoms with E-state index in [9.17, 15) is 9.59 Å². The van der Waals surface area contributed by atoms with Gasteiger partial charge in [0, 0.05) is 23.8 Å². The van der Waals surface area contributed by atoms with E-state index in [2.05, 4.69) is 10.6 Å². The molecule has 2 aromatic carbocycles. The van der Waals surface area contributed by atoms with Crippen LogP contribution in [-0.4, -0.2) is 29.4 Å². The normalized spacial score (nSPS) is 16.8. The number of anilines is 1. The molecule has 0 bridgehead atoms. The Hall–Kier alpha value is -2.53. The molecule has 1 fully saturated rings. The van der Waals surface area contributed by atoms with Crippen LogP contribution in [0.5, 0.6) is 0 Å². The largest absolute Gasteiger partial charge is 0.336 e. The van der Waals surface area contributed by atoms with Gasteiger partial charge < -0.3 is 15.5 Å². The molecule has 0 spiro atoms. The Balaban J connectivity index is 1.53. The van der Waals surface area contributed by atoms with Crippen LogP contribution in [0.15, 0.2) is 48.5 Å². The van der Waals surface area contributed by atoms with Gasteiger partial charge in [0.2, 0.25) is 5.91 Å². The quantitative estimate of drug-likeness (QED) is 0.878. The van der Waals surface area contributed by atoms with Crippen molar-refractivity contribution >= 4 is 29.2 Å². The minimum atomic E-state index is -0.488. The van der Waals surface area contributed by atoms with E-state index >= 15 is 0 Å². The third-order valence-electron chi connectivity index (χ3n) is 4.20. The number of hydrogen-bond donors (Lipinski definition) is 2. The number of benzene rings is 2. The molecule has 0 aromatic heterocycles. The Bertz CT molecular complexity index is 759. The van der Waals surface area contributed by atoms with Crippen LogP contribution in [-0.2, 0) is 11.3 Å². The van der Waals surface area contributed by atoms with Gasteiger partial charge in [0.1, 0.15) is 6.04 Å².